The average Bonchev–Trinajstić information content (AvgIpc) is 2.74. The molecule has 0 unspecified atom stereocenters. The minimum atomic E-state index is -0.669. The van der Waals surface area contributed by atoms with Crippen LogP contribution in [-0.2, 0) is 4.74 Å². The van der Waals surface area contributed by atoms with Crippen LogP contribution in [0.5, 0.6) is 0 Å². The average molecular weight is 250 g/mol. The summed E-state index contributed by atoms with van der Waals surface area (Å²) in [5.41, 5.74) is 6.64. The summed E-state index contributed by atoms with van der Waals surface area (Å²) < 4.78 is 18.9. The summed E-state index contributed by atoms with van der Waals surface area (Å²) >= 11 is 0. The fraction of sp³-hybridized carbons (Fsp3) is 0.182. The highest BCUT2D eigenvalue weighted by molar-refractivity contribution is 5.92. The van der Waals surface area contributed by atoms with Gasteiger partial charge in [0.25, 0.3) is 0 Å². The Morgan fingerprint density at radius 3 is 2.83 bits per heavy atom. The lowest BCUT2D eigenvalue weighted by Gasteiger charge is -2.04. The molecule has 0 saturated heterocycles. The van der Waals surface area contributed by atoms with E-state index in [1.165, 1.54) is 23.9 Å². The van der Waals surface area contributed by atoms with E-state index in [-0.39, 0.29) is 17.3 Å². The Morgan fingerprint density at radius 1 is 1.50 bits per heavy atom. The van der Waals surface area contributed by atoms with Crippen molar-refractivity contribution in [2.24, 2.45) is 0 Å². The van der Waals surface area contributed by atoms with Gasteiger partial charge in [0.1, 0.15) is 5.82 Å². The summed E-state index contributed by atoms with van der Waals surface area (Å²) in [6, 6.07) is 4.35. The van der Waals surface area contributed by atoms with Gasteiger partial charge in [-0.15, -0.1) is 5.10 Å². The number of halogens is 1. The maximum Gasteiger partial charge on any atom is 0.362 e. The standard InChI is InChI=1S/C11H11FN4O2/c1-6-5-7(3-4-8(6)12)16-10(13)9(14-15-16)11(17)18-2/h3-5H,13H2,1-2H3. The topological polar surface area (TPSA) is 83.0 Å². The zero-order valence-corrected chi connectivity index (χ0v) is 9.85. The van der Waals surface area contributed by atoms with E-state index < -0.39 is 5.97 Å². The predicted octanol–water partition coefficient (Wildman–Crippen LogP) is 1.08. The number of ether oxygens (including phenoxy) is 1. The molecule has 18 heavy (non-hydrogen) atoms. The number of aryl methyl sites for hydroxylation is 1. The second-order valence-corrected chi connectivity index (χ2v) is 3.66. The molecule has 2 aromatic rings. The number of rotatable bonds is 2. The normalized spacial score (nSPS) is 10.4. The summed E-state index contributed by atoms with van der Waals surface area (Å²) in [5, 5.41) is 7.38. The molecule has 2 rings (SSSR count). The summed E-state index contributed by atoms with van der Waals surface area (Å²) in [4.78, 5) is 11.3. The van der Waals surface area contributed by atoms with Gasteiger partial charge >= 0.3 is 5.97 Å². The first-order chi connectivity index (χ1) is 8.54. The molecule has 0 radical (unpaired) electrons. The molecule has 1 aromatic heterocycles. The molecule has 0 amide bonds. The zero-order chi connectivity index (χ0) is 13.3. The minimum absolute atomic E-state index is 0.0489. The largest absolute Gasteiger partial charge is 0.464 e. The lowest BCUT2D eigenvalue weighted by Crippen LogP contribution is -2.08. The molecule has 0 aliphatic carbocycles. The fourth-order valence-corrected chi connectivity index (χ4v) is 1.48. The summed E-state index contributed by atoms with van der Waals surface area (Å²) in [5.74, 6) is -0.948. The summed E-state index contributed by atoms with van der Waals surface area (Å²) in [6.07, 6.45) is 0. The van der Waals surface area contributed by atoms with E-state index in [4.69, 9.17) is 5.73 Å². The van der Waals surface area contributed by atoms with Gasteiger partial charge in [0.05, 0.1) is 12.8 Å². The van der Waals surface area contributed by atoms with Gasteiger partial charge in [-0.3, -0.25) is 0 Å². The third-order valence-corrected chi connectivity index (χ3v) is 2.47. The van der Waals surface area contributed by atoms with Crippen molar-refractivity contribution in [1.82, 2.24) is 15.0 Å². The second kappa shape index (κ2) is 4.44. The molecule has 2 N–H and O–H groups in total. The van der Waals surface area contributed by atoms with Crippen molar-refractivity contribution in [2.75, 3.05) is 12.8 Å². The third kappa shape index (κ3) is 1.90. The second-order valence-electron chi connectivity index (χ2n) is 3.66. The van der Waals surface area contributed by atoms with Crippen LogP contribution in [0.1, 0.15) is 16.1 Å². The Hall–Kier alpha value is -2.44. The van der Waals surface area contributed by atoms with Crippen molar-refractivity contribution < 1.29 is 13.9 Å². The van der Waals surface area contributed by atoms with Gasteiger partial charge in [-0.1, -0.05) is 5.21 Å². The van der Waals surface area contributed by atoms with Gasteiger partial charge in [-0.05, 0) is 30.7 Å². The number of hydrogen-bond acceptors (Lipinski definition) is 5. The molecular weight excluding hydrogens is 239 g/mol. The van der Waals surface area contributed by atoms with Crippen molar-refractivity contribution in [1.29, 1.82) is 0 Å². The highest BCUT2D eigenvalue weighted by Gasteiger charge is 2.18. The van der Waals surface area contributed by atoms with Crippen LogP contribution in [0.25, 0.3) is 5.69 Å². The van der Waals surface area contributed by atoms with Crippen LogP contribution in [-0.4, -0.2) is 28.1 Å². The van der Waals surface area contributed by atoms with E-state index >= 15 is 0 Å². The zero-order valence-electron chi connectivity index (χ0n) is 9.85. The SMILES string of the molecule is COC(=O)c1nnn(-c2ccc(F)c(C)c2)c1N. The molecule has 6 nitrogen and oxygen atoms in total. The van der Waals surface area contributed by atoms with Crippen LogP contribution in [0, 0.1) is 12.7 Å². The molecular formula is C11H11FN4O2. The number of benzene rings is 1. The van der Waals surface area contributed by atoms with E-state index in [1.54, 1.807) is 13.0 Å². The molecule has 0 bridgehead atoms. The Morgan fingerprint density at radius 2 is 2.22 bits per heavy atom. The third-order valence-electron chi connectivity index (χ3n) is 2.47. The molecule has 0 fully saturated rings. The number of nitrogen functional groups attached to an aromatic ring is 1. The maximum absolute atomic E-state index is 13.2. The molecule has 0 aliphatic heterocycles. The highest BCUT2D eigenvalue weighted by atomic mass is 19.1. The van der Waals surface area contributed by atoms with Crippen molar-refractivity contribution in [3.05, 3.63) is 35.3 Å². The van der Waals surface area contributed by atoms with Gasteiger partial charge in [-0.2, -0.15) is 4.68 Å². The first-order valence-corrected chi connectivity index (χ1v) is 5.10. The molecule has 1 heterocycles. The number of hydrogen-bond donors (Lipinski definition) is 1. The van der Waals surface area contributed by atoms with Crippen LogP contribution in [0.15, 0.2) is 18.2 Å². The number of nitrogens with two attached hydrogens (primary N) is 1. The van der Waals surface area contributed by atoms with Crippen molar-refractivity contribution in [3.63, 3.8) is 0 Å². The van der Waals surface area contributed by atoms with Crippen molar-refractivity contribution >= 4 is 11.8 Å². The van der Waals surface area contributed by atoms with Gasteiger partial charge in [0.2, 0.25) is 5.69 Å². The van der Waals surface area contributed by atoms with Crippen LogP contribution < -0.4 is 5.73 Å². The monoisotopic (exact) mass is 250 g/mol. The summed E-state index contributed by atoms with van der Waals surface area (Å²) in [6.45, 7) is 1.62. The number of aromatic nitrogens is 3. The number of esters is 1. The van der Waals surface area contributed by atoms with E-state index in [1.807, 2.05) is 0 Å². The number of carbonyl (C=O) groups is 1. The number of nitrogens with zero attached hydrogens (tertiary/aromatic N) is 3. The van der Waals surface area contributed by atoms with Crippen molar-refractivity contribution in [2.45, 2.75) is 6.92 Å². The molecule has 7 heteroatoms. The molecule has 0 atom stereocenters. The van der Waals surface area contributed by atoms with Crippen LogP contribution in [0.4, 0.5) is 10.2 Å². The number of anilines is 1. The Kier molecular flexibility index (Phi) is 2.97. The van der Waals surface area contributed by atoms with Crippen molar-refractivity contribution in [3.8, 4) is 5.69 Å². The fourth-order valence-electron chi connectivity index (χ4n) is 1.48. The van der Waals surface area contributed by atoms with Gasteiger partial charge in [0.15, 0.2) is 5.82 Å². The van der Waals surface area contributed by atoms with E-state index in [0.717, 1.165) is 0 Å². The van der Waals surface area contributed by atoms with Gasteiger partial charge < -0.3 is 10.5 Å². The van der Waals surface area contributed by atoms with Crippen LogP contribution >= 0.6 is 0 Å². The Labute approximate surface area is 102 Å². The molecule has 94 valence electrons. The lowest BCUT2D eigenvalue weighted by atomic mass is 10.2. The van der Waals surface area contributed by atoms with Crippen LogP contribution in [0.2, 0.25) is 0 Å². The molecule has 0 spiro atoms. The smallest absolute Gasteiger partial charge is 0.362 e. The lowest BCUT2D eigenvalue weighted by molar-refractivity contribution is 0.0595. The molecule has 0 saturated carbocycles. The predicted molar refractivity (Wildman–Crippen MR) is 61.8 cm³/mol. The minimum Gasteiger partial charge on any atom is -0.464 e. The van der Waals surface area contributed by atoms with E-state index in [2.05, 4.69) is 15.0 Å². The van der Waals surface area contributed by atoms with Gasteiger partial charge in [-0.25, -0.2) is 9.18 Å². The quantitative estimate of drug-likeness (QED) is 0.806. The number of carbonyl (C=O) groups excluding carboxylic acids is 1. The first-order valence-electron chi connectivity index (χ1n) is 5.10. The van der Waals surface area contributed by atoms with E-state index in [9.17, 15) is 9.18 Å². The van der Waals surface area contributed by atoms with Crippen LogP contribution in [0.3, 0.4) is 0 Å². The molecule has 1 aromatic carbocycles. The Bertz CT molecular complexity index is 609. The highest BCUT2D eigenvalue weighted by Crippen LogP contribution is 2.18. The first kappa shape index (κ1) is 12.0. The number of methoxy groups -OCH3 is 1. The Balaban J connectivity index is 2.48. The summed E-state index contributed by atoms with van der Waals surface area (Å²) in [7, 11) is 1.23. The molecule has 0 aliphatic rings. The van der Waals surface area contributed by atoms with E-state index in [0.29, 0.717) is 11.3 Å². The van der Waals surface area contributed by atoms with Gasteiger partial charge in [0, 0.05) is 0 Å². The maximum atomic E-state index is 13.2.